The number of pyridine rings is 1. The predicted octanol–water partition coefficient (Wildman–Crippen LogP) is 6.16. The van der Waals surface area contributed by atoms with Gasteiger partial charge in [0.25, 0.3) is 0 Å². The van der Waals surface area contributed by atoms with Crippen LogP contribution in [0.5, 0.6) is 0 Å². The highest BCUT2D eigenvalue weighted by molar-refractivity contribution is 5.87. The molecule has 3 heterocycles. The first-order valence-corrected chi connectivity index (χ1v) is 12.3. The second kappa shape index (κ2) is 9.44. The highest BCUT2D eigenvalue weighted by Crippen LogP contribution is 2.39. The van der Waals surface area contributed by atoms with Crippen molar-refractivity contribution in [2.45, 2.75) is 32.7 Å². The minimum absolute atomic E-state index is 0.388. The Morgan fingerprint density at radius 3 is 2.44 bits per heavy atom. The van der Waals surface area contributed by atoms with Crippen LogP contribution in [-0.2, 0) is 0 Å². The molecule has 0 N–H and O–H groups in total. The average Bonchev–Trinajstić information content (AvgIpc) is 3.28. The van der Waals surface area contributed by atoms with Crippen molar-refractivity contribution in [3.05, 3.63) is 77.5 Å². The van der Waals surface area contributed by atoms with Gasteiger partial charge < -0.3 is 9.80 Å². The Balaban J connectivity index is 1.64. The summed E-state index contributed by atoms with van der Waals surface area (Å²) in [6, 6.07) is 21.5. The van der Waals surface area contributed by atoms with Crippen LogP contribution in [0, 0.1) is 24.2 Å². The van der Waals surface area contributed by atoms with E-state index in [4.69, 9.17) is 4.98 Å². The van der Waals surface area contributed by atoms with Crippen LogP contribution in [0.4, 0.5) is 5.69 Å². The predicted molar refractivity (Wildman–Crippen MR) is 141 cm³/mol. The van der Waals surface area contributed by atoms with E-state index < -0.39 is 0 Å². The van der Waals surface area contributed by atoms with E-state index in [1.54, 1.807) is 0 Å². The zero-order valence-electron chi connectivity index (χ0n) is 20.3. The number of hydrogen-bond acceptors (Lipinski definition) is 4. The van der Waals surface area contributed by atoms with E-state index in [1.807, 2.05) is 24.3 Å². The Morgan fingerprint density at radius 2 is 1.79 bits per heavy atom. The first-order valence-electron chi connectivity index (χ1n) is 12.3. The Morgan fingerprint density at radius 1 is 1.06 bits per heavy atom. The van der Waals surface area contributed by atoms with Crippen LogP contribution < -0.4 is 4.90 Å². The highest BCUT2D eigenvalue weighted by atomic mass is 15.2. The number of hydrogen-bond donors (Lipinski definition) is 0. The molecule has 2 aliphatic heterocycles. The summed E-state index contributed by atoms with van der Waals surface area (Å²) in [4.78, 5) is 10.3. The van der Waals surface area contributed by atoms with Gasteiger partial charge in [0.2, 0.25) is 0 Å². The second-order valence-corrected chi connectivity index (χ2v) is 9.75. The summed E-state index contributed by atoms with van der Waals surface area (Å²) < 4.78 is 0. The van der Waals surface area contributed by atoms with E-state index >= 15 is 0 Å². The van der Waals surface area contributed by atoms with E-state index in [1.165, 1.54) is 24.2 Å². The van der Waals surface area contributed by atoms with Crippen molar-refractivity contribution in [3.63, 3.8) is 0 Å². The number of nitriles is 1. The largest absolute Gasteiger partial charge is 0.363 e. The molecule has 0 spiro atoms. The van der Waals surface area contributed by atoms with Gasteiger partial charge in [0.1, 0.15) is 0 Å². The molecule has 0 amide bonds. The van der Waals surface area contributed by atoms with E-state index in [0.717, 1.165) is 47.6 Å². The summed E-state index contributed by atoms with van der Waals surface area (Å²) in [5, 5.41) is 9.28. The summed E-state index contributed by atoms with van der Waals surface area (Å²) in [5.41, 5.74) is 8.49. The van der Waals surface area contributed by atoms with Crippen LogP contribution in [0.1, 0.15) is 36.6 Å². The zero-order chi connectivity index (χ0) is 23.7. The molecule has 0 saturated carbocycles. The quantitative estimate of drug-likeness (QED) is 0.469. The van der Waals surface area contributed by atoms with Crippen LogP contribution >= 0.6 is 0 Å². The maximum Gasteiger partial charge on any atom is 0.0991 e. The maximum atomic E-state index is 9.28. The normalized spacial score (nSPS) is 19.8. The van der Waals surface area contributed by atoms with Gasteiger partial charge in [0.15, 0.2) is 0 Å². The first-order chi connectivity index (χ1) is 16.6. The summed E-state index contributed by atoms with van der Waals surface area (Å²) in [6.07, 6.45) is 6.86. The Kier molecular flexibility index (Phi) is 6.22. The van der Waals surface area contributed by atoms with Crippen molar-refractivity contribution in [1.82, 2.24) is 9.88 Å². The maximum absolute atomic E-state index is 9.28. The monoisotopic (exact) mass is 448 g/mol. The molecule has 2 aliphatic rings. The molecule has 2 atom stereocenters. The smallest absolute Gasteiger partial charge is 0.0991 e. The number of aryl methyl sites for hydroxylation is 1. The third kappa shape index (κ3) is 4.36. The van der Waals surface area contributed by atoms with Crippen molar-refractivity contribution < 1.29 is 0 Å². The van der Waals surface area contributed by atoms with Gasteiger partial charge in [0.05, 0.1) is 28.7 Å². The van der Waals surface area contributed by atoms with Gasteiger partial charge in [-0.05, 0) is 69.1 Å². The molecule has 4 heteroatoms. The van der Waals surface area contributed by atoms with Gasteiger partial charge in [-0.3, -0.25) is 0 Å². The summed E-state index contributed by atoms with van der Waals surface area (Å²) in [6.45, 7) is 7.77. The van der Waals surface area contributed by atoms with Crippen LogP contribution in [0.15, 0.2) is 60.7 Å². The molecule has 2 unspecified atom stereocenters. The summed E-state index contributed by atoms with van der Waals surface area (Å²) in [5.74, 6) is 0.675. The van der Waals surface area contributed by atoms with Crippen molar-refractivity contribution >= 4 is 11.8 Å². The molecule has 3 aromatic rings. The molecule has 0 aliphatic carbocycles. The van der Waals surface area contributed by atoms with Crippen LogP contribution in [-0.4, -0.2) is 42.6 Å². The number of fused-ring (bicyclic) bond motifs is 1. The van der Waals surface area contributed by atoms with E-state index in [2.05, 4.69) is 79.2 Å². The van der Waals surface area contributed by atoms with E-state index in [0.29, 0.717) is 17.5 Å². The van der Waals surface area contributed by atoms with E-state index in [-0.39, 0.29) is 0 Å². The van der Waals surface area contributed by atoms with Crippen molar-refractivity contribution in [3.8, 4) is 28.5 Å². The van der Waals surface area contributed by atoms with Crippen LogP contribution in [0.25, 0.3) is 28.5 Å². The third-order valence-corrected chi connectivity index (χ3v) is 7.23. The fourth-order valence-corrected chi connectivity index (χ4v) is 5.27. The molecule has 34 heavy (non-hydrogen) atoms. The van der Waals surface area contributed by atoms with Gasteiger partial charge in [-0.2, -0.15) is 5.26 Å². The van der Waals surface area contributed by atoms with Crippen LogP contribution in [0.2, 0.25) is 0 Å². The van der Waals surface area contributed by atoms with Gasteiger partial charge in [-0.1, -0.05) is 55.0 Å². The molecule has 1 saturated heterocycles. The number of aromatic nitrogens is 1. The molecule has 172 valence electrons. The lowest BCUT2D eigenvalue weighted by atomic mass is 9.94. The Labute approximate surface area is 203 Å². The zero-order valence-corrected chi connectivity index (χ0v) is 20.3. The lowest BCUT2D eigenvalue weighted by Crippen LogP contribution is -2.40. The standard InChI is InChI=1S/C30H32N4/c1-4-26-13-14-28-29(34(26)20-23-15-16-33(3)19-23)17-27(24-11-7-22(18-31)8-12-24)30(32-28)25-9-5-21(2)6-10-25/h5-14,17,23,26H,4,15-16,19-20H2,1-3H3. The third-order valence-electron chi connectivity index (χ3n) is 7.23. The Hall–Kier alpha value is -3.42. The second-order valence-electron chi connectivity index (χ2n) is 9.75. The number of likely N-dealkylation sites (tertiary alicyclic amines) is 1. The van der Waals surface area contributed by atoms with Gasteiger partial charge in [-0.15, -0.1) is 0 Å². The summed E-state index contributed by atoms with van der Waals surface area (Å²) >= 11 is 0. The minimum Gasteiger partial charge on any atom is -0.363 e. The van der Waals surface area contributed by atoms with E-state index in [9.17, 15) is 5.26 Å². The van der Waals surface area contributed by atoms with Crippen molar-refractivity contribution in [1.29, 1.82) is 5.26 Å². The van der Waals surface area contributed by atoms with Crippen LogP contribution in [0.3, 0.4) is 0 Å². The SMILES string of the molecule is CCC1C=Cc2nc(-c3ccc(C)cc3)c(-c3ccc(C#N)cc3)cc2N1CC1CCN(C)C1. The molecule has 5 rings (SSSR count). The number of benzene rings is 2. The average molecular weight is 449 g/mol. The molecule has 0 bridgehead atoms. The van der Waals surface area contributed by atoms with Gasteiger partial charge in [-0.25, -0.2) is 4.98 Å². The highest BCUT2D eigenvalue weighted by Gasteiger charge is 2.29. The lowest BCUT2D eigenvalue weighted by molar-refractivity contribution is 0.392. The number of anilines is 1. The molecule has 4 nitrogen and oxygen atoms in total. The summed E-state index contributed by atoms with van der Waals surface area (Å²) in [7, 11) is 2.22. The van der Waals surface area contributed by atoms with Gasteiger partial charge >= 0.3 is 0 Å². The molecule has 0 radical (unpaired) electrons. The number of nitrogens with zero attached hydrogens (tertiary/aromatic N) is 4. The molecular formula is C30H32N4. The van der Waals surface area contributed by atoms with Gasteiger partial charge in [0, 0.05) is 30.3 Å². The topological polar surface area (TPSA) is 43.2 Å². The number of rotatable bonds is 5. The molecule has 1 fully saturated rings. The first kappa shape index (κ1) is 22.4. The molecular weight excluding hydrogens is 416 g/mol. The fraction of sp³-hybridized carbons (Fsp3) is 0.333. The minimum atomic E-state index is 0.388. The Bertz CT molecular complexity index is 1230. The molecule has 1 aromatic heterocycles. The fourth-order valence-electron chi connectivity index (χ4n) is 5.27. The molecule has 2 aromatic carbocycles. The lowest BCUT2D eigenvalue weighted by Gasteiger charge is -2.37. The van der Waals surface area contributed by atoms with Crippen molar-refractivity contribution in [2.75, 3.05) is 31.6 Å². The van der Waals surface area contributed by atoms with Crippen molar-refractivity contribution in [2.24, 2.45) is 5.92 Å².